The van der Waals surface area contributed by atoms with Gasteiger partial charge in [0.2, 0.25) is 5.91 Å². The molecule has 0 unspecified atom stereocenters. The molecule has 2 amide bonds. The first-order chi connectivity index (χ1) is 15.6. The van der Waals surface area contributed by atoms with Crippen LogP contribution in [0.3, 0.4) is 0 Å². The van der Waals surface area contributed by atoms with E-state index < -0.39 is 28.5 Å². The number of carbonyl (C=O) groups excluding carboxylic acids is 2. The lowest BCUT2D eigenvalue weighted by Gasteiger charge is -2.13. The Labute approximate surface area is 190 Å². The number of halogens is 3. The first-order valence-corrected chi connectivity index (χ1v) is 10.4. The highest BCUT2D eigenvalue weighted by Crippen LogP contribution is 2.34. The van der Waals surface area contributed by atoms with Crippen molar-refractivity contribution in [3.8, 4) is 0 Å². The molecule has 11 heteroatoms. The number of alkyl halides is 3. The summed E-state index contributed by atoms with van der Waals surface area (Å²) in [6, 6.07) is 16.3. The number of para-hydroxylation sites is 1. The second-order valence-electron chi connectivity index (χ2n) is 6.67. The number of thioether (sulfide) groups is 1. The van der Waals surface area contributed by atoms with E-state index in [2.05, 4.69) is 10.6 Å². The summed E-state index contributed by atoms with van der Waals surface area (Å²) in [6.45, 7) is 0. The zero-order valence-electron chi connectivity index (χ0n) is 16.8. The van der Waals surface area contributed by atoms with Gasteiger partial charge >= 0.3 is 6.18 Å². The summed E-state index contributed by atoms with van der Waals surface area (Å²) in [5.74, 6) is -1.24. The van der Waals surface area contributed by atoms with E-state index >= 15 is 0 Å². The number of nitrogens with zero attached hydrogens (tertiary/aromatic N) is 1. The van der Waals surface area contributed by atoms with Gasteiger partial charge < -0.3 is 10.6 Å². The second kappa shape index (κ2) is 10.2. The zero-order valence-corrected chi connectivity index (χ0v) is 17.6. The predicted octanol–water partition coefficient (Wildman–Crippen LogP) is 5.60. The average Bonchev–Trinajstić information content (AvgIpc) is 2.77. The maximum Gasteiger partial charge on any atom is 0.418 e. The molecule has 0 aliphatic carbocycles. The average molecular weight is 475 g/mol. The topological polar surface area (TPSA) is 101 Å². The summed E-state index contributed by atoms with van der Waals surface area (Å²) < 4.78 is 39.2. The van der Waals surface area contributed by atoms with Crippen molar-refractivity contribution >= 4 is 40.6 Å². The van der Waals surface area contributed by atoms with Crippen LogP contribution in [0.5, 0.6) is 0 Å². The van der Waals surface area contributed by atoms with Gasteiger partial charge in [0.1, 0.15) is 0 Å². The third kappa shape index (κ3) is 6.56. The van der Waals surface area contributed by atoms with E-state index in [1.165, 1.54) is 42.5 Å². The molecule has 0 aliphatic heterocycles. The van der Waals surface area contributed by atoms with Crippen LogP contribution in [-0.4, -0.2) is 22.5 Å². The van der Waals surface area contributed by atoms with E-state index in [1.807, 2.05) is 0 Å². The normalized spacial score (nSPS) is 11.0. The molecule has 3 rings (SSSR count). The third-order valence-corrected chi connectivity index (χ3v) is 5.30. The fraction of sp³-hybridized carbons (Fsp3) is 0.0909. The highest BCUT2D eigenvalue weighted by Gasteiger charge is 2.33. The number of benzene rings is 3. The van der Waals surface area contributed by atoms with E-state index in [4.69, 9.17) is 0 Å². The van der Waals surface area contributed by atoms with Gasteiger partial charge in [0.05, 0.1) is 21.9 Å². The van der Waals surface area contributed by atoms with Crippen LogP contribution < -0.4 is 10.6 Å². The summed E-state index contributed by atoms with van der Waals surface area (Å²) >= 11 is 1.08. The van der Waals surface area contributed by atoms with Crippen LogP contribution in [0.25, 0.3) is 0 Å². The Hall–Kier alpha value is -3.86. The third-order valence-electron chi connectivity index (χ3n) is 4.31. The van der Waals surface area contributed by atoms with Crippen LogP contribution in [0, 0.1) is 10.1 Å². The summed E-state index contributed by atoms with van der Waals surface area (Å²) in [7, 11) is 0. The molecule has 0 atom stereocenters. The molecule has 2 N–H and O–H groups in total. The predicted molar refractivity (Wildman–Crippen MR) is 118 cm³/mol. The fourth-order valence-electron chi connectivity index (χ4n) is 2.78. The van der Waals surface area contributed by atoms with Gasteiger partial charge in [-0.1, -0.05) is 18.2 Å². The number of non-ortho nitro benzene ring substituents is 1. The monoisotopic (exact) mass is 475 g/mol. The number of rotatable bonds is 7. The molecule has 170 valence electrons. The Kier molecular flexibility index (Phi) is 7.34. The Balaban J connectivity index is 1.60. The summed E-state index contributed by atoms with van der Waals surface area (Å²) in [6.07, 6.45) is -4.59. The van der Waals surface area contributed by atoms with Crippen molar-refractivity contribution in [1.82, 2.24) is 0 Å². The Morgan fingerprint density at radius 3 is 2.30 bits per heavy atom. The second-order valence-corrected chi connectivity index (χ2v) is 7.71. The molecule has 3 aromatic carbocycles. The van der Waals surface area contributed by atoms with Gasteiger partial charge in [0.15, 0.2) is 0 Å². The van der Waals surface area contributed by atoms with Gasteiger partial charge in [-0.3, -0.25) is 19.7 Å². The molecule has 0 spiro atoms. The molecule has 0 bridgehead atoms. The standard InChI is InChI=1S/C22H16F3N3O4S/c23-22(24,25)18-6-1-2-7-19(18)27-20(29)13-33-17-5-3-4-15(12-17)26-21(30)14-8-10-16(11-9-14)28(31)32/h1-12H,13H2,(H,26,30)(H,27,29). The molecular weight excluding hydrogens is 459 g/mol. The zero-order chi connectivity index (χ0) is 24.0. The smallest absolute Gasteiger partial charge is 0.325 e. The Morgan fingerprint density at radius 1 is 0.939 bits per heavy atom. The van der Waals surface area contributed by atoms with Crippen molar-refractivity contribution in [3.05, 3.63) is 94.0 Å². The lowest BCUT2D eigenvalue weighted by molar-refractivity contribution is -0.384. The number of nitro benzene ring substituents is 1. The molecule has 0 aliphatic rings. The van der Waals surface area contributed by atoms with Crippen LogP contribution in [0.1, 0.15) is 15.9 Å². The fourth-order valence-corrected chi connectivity index (χ4v) is 3.53. The van der Waals surface area contributed by atoms with E-state index in [9.17, 15) is 32.9 Å². The Morgan fingerprint density at radius 2 is 1.64 bits per heavy atom. The molecule has 0 aromatic heterocycles. The number of nitrogens with one attached hydrogen (secondary N) is 2. The van der Waals surface area contributed by atoms with Crippen molar-refractivity contribution in [2.24, 2.45) is 0 Å². The minimum Gasteiger partial charge on any atom is -0.325 e. The minimum absolute atomic E-state index is 0.138. The van der Waals surface area contributed by atoms with Crippen molar-refractivity contribution in [2.45, 2.75) is 11.1 Å². The van der Waals surface area contributed by atoms with Crippen LogP contribution >= 0.6 is 11.8 Å². The lowest BCUT2D eigenvalue weighted by Crippen LogP contribution is -2.18. The molecular formula is C22H16F3N3O4S. The number of carbonyl (C=O) groups is 2. The van der Waals surface area contributed by atoms with Crippen LogP contribution in [0.4, 0.5) is 30.2 Å². The number of hydrogen-bond acceptors (Lipinski definition) is 5. The highest BCUT2D eigenvalue weighted by atomic mass is 32.2. The number of nitro groups is 1. The van der Waals surface area contributed by atoms with Crippen molar-refractivity contribution in [3.63, 3.8) is 0 Å². The number of amides is 2. The maximum atomic E-state index is 13.1. The largest absolute Gasteiger partial charge is 0.418 e. The number of anilines is 2. The molecule has 33 heavy (non-hydrogen) atoms. The Bertz CT molecular complexity index is 1180. The van der Waals surface area contributed by atoms with Gasteiger partial charge in [-0.05, 0) is 42.5 Å². The molecule has 3 aromatic rings. The van der Waals surface area contributed by atoms with Crippen LogP contribution in [0.15, 0.2) is 77.7 Å². The van der Waals surface area contributed by atoms with E-state index in [0.29, 0.717) is 10.6 Å². The molecule has 0 saturated heterocycles. The van der Waals surface area contributed by atoms with Gasteiger partial charge in [-0.15, -0.1) is 11.8 Å². The maximum absolute atomic E-state index is 13.1. The van der Waals surface area contributed by atoms with Crippen molar-refractivity contribution in [2.75, 3.05) is 16.4 Å². The first-order valence-electron chi connectivity index (χ1n) is 9.38. The molecule has 0 heterocycles. The molecule has 0 saturated carbocycles. The van der Waals surface area contributed by atoms with E-state index in [0.717, 1.165) is 17.8 Å². The number of hydrogen-bond donors (Lipinski definition) is 2. The summed E-state index contributed by atoms with van der Waals surface area (Å²) in [4.78, 5) is 35.3. The van der Waals surface area contributed by atoms with Gasteiger partial charge in [0, 0.05) is 28.3 Å². The summed E-state index contributed by atoms with van der Waals surface area (Å²) in [5.41, 5.74) is -0.743. The van der Waals surface area contributed by atoms with Crippen molar-refractivity contribution < 1.29 is 27.7 Å². The first kappa shape index (κ1) is 23.8. The van der Waals surface area contributed by atoms with Crippen LogP contribution in [-0.2, 0) is 11.0 Å². The van der Waals surface area contributed by atoms with Crippen LogP contribution in [0.2, 0.25) is 0 Å². The van der Waals surface area contributed by atoms with Gasteiger partial charge in [-0.2, -0.15) is 13.2 Å². The van der Waals surface area contributed by atoms with Gasteiger partial charge in [0.25, 0.3) is 11.6 Å². The molecule has 0 fully saturated rings. The lowest BCUT2D eigenvalue weighted by atomic mass is 10.1. The molecule has 0 radical (unpaired) electrons. The van der Waals surface area contributed by atoms with Crippen molar-refractivity contribution in [1.29, 1.82) is 0 Å². The molecule has 7 nitrogen and oxygen atoms in total. The van der Waals surface area contributed by atoms with E-state index in [1.54, 1.807) is 24.3 Å². The quantitative estimate of drug-likeness (QED) is 0.263. The van der Waals surface area contributed by atoms with E-state index in [-0.39, 0.29) is 22.7 Å². The highest BCUT2D eigenvalue weighted by molar-refractivity contribution is 8.00. The minimum atomic E-state index is -4.59. The summed E-state index contributed by atoms with van der Waals surface area (Å²) in [5, 5.41) is 15.6. The van der Waals surface area contributed by atoms with Gasteiger partial charge in [-0.25, -0.2) is 0 Å². The SMILES string of the molecule is O=C(CSc1cccc(NC(=O)c2ccc([N+](=O)[O-])cc2)c1)Nc1ccccc1C(F)(F)F.